The lowest BCUT2D eigenvalue weighted by Crippen LogP contribution is -2.57. The molecule has 4 atom stereocenters. The minimum atomic E-state index is -1.27. The summed E-state index contributed by atoms with van der Waals surface area (Å²) in [7, 11) is 0. The SMILES string of the molecule is NCCCCC(NC(=O)C(CCC(=O)O)NC(=O)C(N)CCCN=C(N)N)C(=O)N1CCCC1C(=O)O. The van der Waals surface area contributed by atoms with Crippen LogP contribution in [0.4, 0.5) is 0 Å². The van der Waals surface area contributed by atoms with E-state index in [4.69, 9.17) is 28.0 Å². The molecule has 0 bridgehead atoms. The van der Waals surface area contributed by atoms with E-state index in [9.17, 15) is 29.1 Å². The largest absolute Gasteiger partial charge is 0.481 e. The number of hydrogen-bond donors (Lipinski definition) is 8. The molecule has 0 aromatic rings. The molecule has 0 aliphatic carbocycles. The molecule has 1 aliphatic rings. The molecule has 1 heterocycles. The van der Waals surface area contributed by atoms with Crippen LogP contribution in [0, 0.1) is 0 Å². The summed E-state index contributed by atoms with van der Waals surface area (Å²) in [5.74, 6) is -4.38. The number of nitrogens with one attached hydrogen (secondary N) is 2. The first-order chi connectivity index (χ1) is 17.5. The maximum atomic E-state index is 13.2. The average Bonchev–Trinajstić information content (AvgIpc) is 3.33. The predicted octanol–water partition coefficient (Wildman–Crippen LogP) is -2.59. The molecule has 15 nitrogen and oxygen atoms in total. The molecule has 210 valence electrons. The Morgan fingerprint density at radius 2 is 1.62 bits per heavy atom. The molecule has 1 rings (SSSR count). The van der Waals surface area contributed by atoms with Crippen LogP contribution < -0.4 is 33.6 Å². The zero-order valence-electron chi connectivity index (χ0n) is 20.9. The van der Waals surface area contributed by atoms with Crippen LogP contribution in [-0.4, -0.2) is 94.5 Å². The van der Waals surface area contributed by atoms with Gasteiger partial charge in [0.2, 0.25) is 17.7 Å². The lowest BCUT2D eigenvalue weighted by Gasteiger charge is -2.29. The average molecular weight is 529 g/mol. The Bertz CT molecular complexity index is 834. The van der Waals surface area contributed by atoms with E-state index in [0.29, 0.717) is 38.6 Å². The molecule has 0 saturated carbocycles. The van der Waals surface area contributed by atoms with Crippen LogP contribution in [0.15, 0.2) is 4.99 Å². The van der Waals surface area contributed by atoms with Gasteiger partial charge in [-0.1, -0.05) is 0 Å². The van der Waals surface area contributed by atoms with Crippen LogP contribution in [0.3, 0.4) is 0 Å². The number of aliphatic imine (C=N–C) groups is 1. The number of hydrogen-bond acceptors (Lipinski definition) is 8. The fourth-order valence-corrected chi connectivity index (χ4v) is 3.98. The Kier molecular flexibility index (Phi) is 13.9. The summed E-state index contributed by atoms with van der Waals surface area (Å²) >= 11 is 0. The number of nitrogens with zero attached hydrogens (tertiary/aromatic N) is 2. The van der Waals surface area contributed by atoms with E-state index >= 15 is 0 Å². The zero-order valence-corrected chi connectivity index (χ0v) is 20.9. The highest BCUT2D eigenvalue weighted by atomic mass is 16.4. The lowest BCUT2D eigenvalue weighted by molar-refractivity contribution is -0.149. The van der Waals surface area contributed by atoms with E-state index in [2.05, 4.69) is 15.6 Å². The molecule has 0 spiro atoms. The molecule has 3 amide bonds. The molecule has 0 radical (unpaired) electrons. The van der Waals surface area contributed by atoms with Crippen LogP contribution >= 0.6 is 0 Å². The first kappa shape index (κ1) is 31.6. The quantitative estimate of drug-likeness (QED) is 0.0551. The number of nitrogens with two attached hydrogens (primary N) is 4. The first-order valence-electron chi connectivity index (χ1n) is 12.3. The van der Waals surface area contributed by atoms with Gasteiger partial charge in [0.15, 0.2) is 5.96 Å². The fourth-order valence-electron chi connectivity index (χ4n) is 3.98. The van der Waals surface area contributed by atoms with Crippen LogP contribution in [-0.2, 0) is 24.0 Å². The van der Waals surface area contributed by atoms with E-state index in [1.165, 1.54) is 4.90 Å². The summed E-state index contributed by atoms with van der Waals surface area (Å²) in [5.41, 5.74) is 21.9. The lowest BCUT2D eigenvalue weighted by atomic mass is 10.0. The van der Waals surface area contributed by atoms with Crippen molar-refractivity contribution in [3.05, 3.63) is 0 Å². The number of carboxylic acid groups (broad SMARTS) is 2. The molecule has 1 fully saturated rings. The van der Waals surface area contributed by atoms with Gasteiger partial charge in [-0.25, -0.2) is 4.79 Å². The van der Waals surface area contributed by atoms with Gasteiger partial charge in [0.05, 0.1) is 6.04 Å². The molecular formula is C22H40N8O7. The van der Waals surface area contributed by atoms with Crippen LogP contribution in [0.2, 0.25) is 0 Å². The van der Waals surface area contributed by atoms with E-state index < -0.39 is 60.2 Å². The second-order valence-corrected chi connectivity index (χ2v) is 8.92. The number of carboxylic acids is 2. The Morgan fingerprint density at radius 3 is 2.22 bits per heavy atom. The van der Waals surface area contributed by atoms with Gasteiger partial charge in [-0.15, -0.1) is 0 Å². The molecular weight excluding hydrogens is 488 g/mol. The van der Waals surface area contributed by atoms with Crippen LogP contribution in [0.5, 0.6) is 0 Å². The topological polar surface area (TPSA) is 270 Å². The second-order valence-electron chi connectivity index (χ2n) is 8.92. The fraction of sp³-hybridized carbons (Fsp3) is 0.727. The number of rotatable bonds is 17. The number of aliphatic carboxylic acids is 2. The smallest absolute Gasteiger partial charge is 0.326 e. The van der Waals surface area contributed by atoms with Crippen molar-refractivity contribution in [2.75, 3.05) is 19.6 Å². The van der Waals surface area contributed by atoms with Crippen molar-refractivity contribution in [2.24, 2.45) is 27.9 Å². The van der Waals surface area contributed by atoms with Gasteiger partial charge in [-0.05, 0) is 57.9 Å². The highest BCUT2D eigenvalue weighted by Gasteiger charge is 2.38. The third kappa shape index (κ3) is 11.4. The maximum Gasteiger partial charge on any atom is 0.326 e. The summed E-state index contributed by atoms with van der Waals surface area (Å²) < 4.78 is 0. The summed E-state index contributed by atoms with van der Waals surface area (Å²) in [4.78, 5) is 66.6. The molecule has 0 aromatic carbocycles. The third-order valence-electron chi connectivity index (χ3n) is 5.97. The van der Waals surface area contributed by atoms with E-state index in [1.807, 2.05) is 0 Å². The third-order valence-corrected chi connectivity index (χ3v) is 5.97. The number of carbonyl (C=O) groups excluding carboxylic acids is 3. The molecule has 0 aromatic heterocycles. The monoisotopic (exact) mass is 528 g/mol. The van der Waals surface area contributed by atoms with Crippen molar-refractivity contribution < 1.29 is 34.2 Å². The van der Waals surface area contributed by atoms with E-state index in [-0.39, 0.29) is 38.3 Å². The van der Waals surface area contributed by atoms with Crippen molar-refractivity contribution >= 4 is 35.6 Å². The van der Waals surface area contributed by atoms with Crippen molar-refractivity contribution in [1.82, 2.24) is 15.5 Å². The van der Waals surface area contributed by atoms with Crippen molar-refractivity contribution in [3.63, 3.8) is 0 Å². The minimum Gasteiger partial charge on any atom is -0.481 e. The number of unbranched alkanes of at least 4 members (excludes halogenated alkanes) is 1. The zero-order chi connectivity index (χ0) is 28.0. The van der Waals surface area contributed by atoms with Crippen LogP contribution in [0.1, 0.15) is 57.8 Å². The number of carbonyl (C=O) groups is 5. The Hall–Kier alpha value is -3.46. The molecule has 4 unspecified atom stereocenters. The number of guanidine groups is 1. The Morgan fingerprint density at radius 1 is 0.946 bits per heavy atom. The maximum absolute atomic E-state index is 13.2. The van der Waals surface area contributed by atoms with Gasteiger partial charge in [0.25, 0.3) is 0 Å². The highest BCUT2D eigenvalue weighted by molar-refractivity contribution is 5.94. The van der Waals surface area contributed by atoms with E-state index in [0.717, 1.165) is 0 Å². The summed E-state index contributed by atoms with van der Waals surface area (Å²) in [6.07, 6.45) is 2.05. The molecule has 37 heavy (non-hydrogen) atoms. The molecule has 1 aliphatic heterocycles. The molecule has 15 heteroatoms. The van der Waals surface area contributed by atoms with Gasteiger partial charge < -0.3 is 48.7 Å². The minimum absolute atomic E-state index is 0.0948. The van der Waals surface area contributed by atoms with Gasteiger partial charge in [-0.2, -0.15) is 0 Å². The number of amides is 3. The summed E-state index contributed by atoms with van der Waals surface area (Å²) in [5, 5.41) is 23.6. The first-order valence-corrected chi connectivity index (χ1v) is 12.3. The highest BCUT2D eigenvalue weighted by Crippen LogP contribution is 2.20. The van der Waals surface area contributed by atoms with Gasteiger partial charge >= 0.3 is 11.9 Å². The van der Waals surface area contributed by atoms with Gasteiger partial charge in [0.1, 0.15) is 18.1 Å². The number of likely N-dealkylation sites (tertiary alicyclic amines) is 1. The van der Waals surface area contributed by atoms with Crippen molar-refractivity contribution in [1.29, 1.82) is 0 Å². The molecule has 12 N–H and O–H groups in total. The Balaban J connectivity index is 2.94. The normalized spacial score (nSPS) is 17.4. The van der Waals surface area contributed by atoms with Gasteiger partial charge in [-0.3, -0.25) is 24.2 Å². The second kappa shape index (κ2) is 16.3. The Labute approximate surface area is 215 Å². The summed E-state index contributed by atoms with van der Waals surface area (Å²) in [6, 6.07) is -4.32. The van der Waals surface area contributed by atoms with E-state index in [1.54, 1.807) is 0 Å². The summed E-state index contributed by atoms with van der Waals surface area (Å²) in [6.45, 7) is 0.869. The standard InChI is InChI=1S/C22H40N8O7/c23-10-2-1-6-15(20(35)30-12-4-7-16(30)21(36)37)29-19(34)14(8-9-17(31)32)28-18(33)13(24)5-3-11-27-22(25)26/h13-16H,1-12,23-24H2,(H,28,33)(H,29,34)(H,31,32)(H,36,37)(H4,25,26,27). The van der Waals surface area contributed by atoms with Crippen LogP contribution in [0.25, 0.3) is 0 Å². The predicted molar refractivity (Wildman–Crippen MR) is 134 cm³/mol. The van der Waals surface area contributed by atoms with Crippen molar-refractivity contribution in [3.8, 4) is 0 Å². The van der Waals surface area contributed by atoms with Gasteiger partial charge in [0, 0.05) is 19.5 Å². The molecule has 1 saturated heterocycles. The van der Waals surface area contributed by atoms with Crippen molar-refractivity contribution in [2.45, 2.75) is 82.0 Å².